The van der Waals surface area contributed by atoms with Gasteiger partial charge in [-0.3, -0.25) is 0 Å². The molecule has 0 saturated carbocycles. The predicted molar refractivity (Wildman–Crippen MR) is 68.8 cm³/mol. The minimum Gasteiger partial charge on any atom is -0.413 e. The normalized spacial score (nSPS) is 14.2. The molecule has 1 rings (SSSR count). The van der Waals surface area contributed by atoms with Gasteiger partial charge in [-0.1, -0.05) is 25.1 Å². The summed E-state index contributed by atoms with van der Waals surface area (Å²) in [6.45, 7) is 1.87. The summed E-state index contributed by atoms with van der Waals surface area (Å²) in [6.07, 6.45) is -0.352. The van der Waals surface area contributed by atoms with Gasteiger partial charge in [0, 0.05) is 22.7 Å². The molecule has 1 aromatic carbocycles. The molecule has 1 unspecified atom stereocenters. The maximum absolute atomic E-state index is 10.9. The van der Waals surface area contributed by atoms with Gasteiger partial charge >= 0.3 is 6.09 Å². The topological polar surface area (TPSA) is 61.6 Å². The van der Waals surface area contributed by atoms with E-state index in [1.54, 1.807) is 0 Å². The maximum atomic E-state index is 10.9. The Kier molecular flexibility index (Phi) is 4.55. The highest BCUT2D eigenvalue weighted by atomic mass is 127. The molecule has 0 saturated heterocycles. The molecule has 0 aliphatic rings. The molecule has 5 heteroatoms. The third-order valence-corrected chi connectivity index (χ3v) is 3.29. The van der Waals surface area contributed by atoms with E-state index in [4.69, 9.17) is 15.2 Å². The molecule has 1 amide bonds. The van der Waals surface area contributed by atoms with Crippen molar-refractivity contribution in [2.24, 2.45) is 5.73 Å². The highest BCUT2D eigenvalue weighted by Crippen LogP contribution is 2.33. The summed E-state index contributed by atoms with van der Waals surface area (Å²) in [7, 11) is 1.50. The molecular formula is C11H14INO3. The van der Waals surface area contributed by atoms with E-state index in [1.165, 1.54) is 7.11 Å². The Morgan fingerprint density at radius 2 is 2.12 bits per heavy atom. The molecule has 0 aromatic heterocycles. The molecule has 16 heavy (non-hydrogen) atoms. The number of rotatable bonds is 4. The van der Waals surface area contributed by atoms with Crippen LogP contribution in [0.1, 0.15) is 18.9 Å². The van der Waals surface area contributed by atoms with Crippen molar-refractivity contribution in [2.75, 3.05) is 7.11 Å². The lowest BCUT2D eigenvalue weighted by atomic mass is 10.0. The second kappa shape index (κ2) is 5.49. The summed E-state index contributed by atoms with van der Waals surface area (Å²) in [4.78, 5) is 10.9. The van der Waals surface area contributed by atoms with Crippen LogP contribution in [0, 0.1) is 3.57 Å². The number of benzene rings is 1. The first-order chi connectivity index (χ1) is 7.55. The molecule has 0 fully saturated rings. The summed E-state index contributed by atoms with van der Waals surface area (Å²) in [5, 5.41) is 0. The van der Waals surface area contributed by atoms with Gasteiger partial charge < -0.3 is 15.2 Å². The van der Waals surface area contributed by atoms with Gasteiger partial charge in [-0.25, -0.2) is 4.79 Å². The fraction of sp³-hybridized carbons (Fsp3) is 0.364. The van der Waals surface area contributed by atoms with Crippen LogP contribution in [0.5, 0.6) is 0 Å². The Hall–Kier alpha value is -0.820. The number of nitrogens with two attached hydrogens (primary N) is 1. The van der Waals surface area contributed by atoms with Crippen LogP contribution in [0.25, 0.3) is 0 Å². The molecule has 2 N–H and O–H groups in total. The Morgan fingerprint density at radius 3 is 2.56 bits per heavy atom. The van der Waals surface area contributed by atoms with Crippen LogP contribution < -0.4 is 5.73 Å². The van der Waals surface area contributed by atoms with E-state index in [1.807, 2.05) is 31.2 Å². The van der Waals surface area contributed by atoms with Gasteiger partial charge in [0.1, 0.15) is 0 Å². The van der Waals surface area contributed by atoms with Gasteiger partial charge in [-0.05, 0) is 28.7 Å². The standard InChI is InChI=1S/C11H14INO3/c1-3-11(15-2,16-10(13)14)8-6-4-5-7-9(8)12/h4-7H,3H2,1-2H3,(H2,13,14). The summed E-state index contributed by atoms with van der Waals surface area (Å²) < 4.78 is 11.4. The summed E-state index contributed by atoms with van der Waals surface area (Å²) in [5.74, 6) is -1.09. The molecule has 1 atom stereocenters. The number of hydrogen-bond donors (Lipinski definition) is 1. The van der Waals surface area contributed by atoms with Crippen molar-refractivity contribution in [3.05, 3.63) is 33.4 Å². The zero-order valence-electron chi connectivity index (χ0n) is 9.20. The summed E-state index contributed by atoms with van der Waals surface area (Å²) >= 11 is 2.17. The van der Waals surface area contributed by atoms with Crippen LogP contribution in [-0.2, 0) is 15.3 Å². The van der Waals surface area contributed by atoms with Gasteiger partial charge in [0.15, 0.2) is 0 Å². The summed E-state index contributed by atoms with van der Waals surface area (Å²) in [6, 6.07) is 7.55. The number of ether oxygens (including phenoxy) is 2. The highest BCUT2D eigenvalue weighted by molar-refractivity contribution is 14.1. The average Bonchev–Trinajstić information content (AvgIpc) is 2.26. The van der Waals surface area contributed by atoms with E-state index in [9.17, 15) is 4.79 Å². The predicted octanol–water partition coefficient (Wildman–Crippen LogP) is 2.60. The first kappa shape index (κ1) is 13.2. The molecule has 0 aliphatic heterocycles. The van der Waals surface area contributed by atoms with Crippen molar-refractivity contribution in [1.29, 1.82) is 0 Å². The number of methoxy groups -OCH3 is 1. The third kappa shape index (κ3) is 2.65. The first-order valence-electron chi connectivity index (χ1n) is 4.84. The molecule has 88 valence electrons. The van der Waals surface area contributed by atoms with Gasteiger partial charge in [0.2, 0.25) is 5.79 Å². The molecule has 1 aromatic rings. The molecular weight excluding hydrogens is 321 g/mol. The number of carbonyl (C=O) groups is 1. The van der Waals surface area contributed by atoms with Gasteiger partial charge in [-0.15, -0.1) is 0 Å². The maximum Gasteiger partial charge on any atom is 0.407 e. The van der Waals surface area contributed by atoms with E-state index >= 15 is 0 Å². The minimum atomic E-state index is -1.09. The second-order valence-corrected chi connectivity index (χ2v) is 4.37. The number of primary amides is 1. The van der Waals surface area contributed by atoms with Crippen molar-refractivity contribution in [1.82, 2.24) is 0 Å². The molecule has 0 heterocycles. The quantitative estimate of drug-likeness (QED) is 0.680. The van der Waals surface area contributed by atoms with Crippen LogP contribution in [0.3, 0.4) is 0 Å². The van der Waals surface area contributed by atoms with Crippen molar-refractivity contribution in [2.45, 2.75) is 19.1 Å². The monoisotopic (exact) mass is 335 g/mol. The lowest BCUT2D eigenvalue weighted by Crippen LogP contribution is -2.36. The van der Waals surface area contributed by atoms with Crippen LogP contribution in [0.4, 0.5) is 4.79 Å². The van der Waals surface area contributed by atoms with Crippen molar-refractivity contribution < 1.29 is 14.3 Å². The first-order valence-corrected chi connectivity index (χ1v) is 5.92. The minimum absolute atomic E-state index is 0.493. The molecule has 0 radical (unpaired) electrons. The highest BCUT2D eigenvalue weighted by Gasteiger charge is 2.35. The van der Waals surface area contributed by atoms with Crippen LogP contribution >= 0.6 is 22.6 Å². The smallest absolute Gasteiger partial charge is 0.407 e. The Morgan fingerprint density at radius 1 is 1.50 bits per heavy atom. The lowest BCUT2D eigenvalue weighted by Gasteiger charge is -2.31. The molecule has 0 bridgehead atoms. The van der Waals surface area contributed by atoms with E-state index in [0.29, 0.717) is 6.42 Å². The number of halogens is 1. The molecule has 0 aliphatic carbocycles. The van der Waals surface area contributed by atoms with Crippen molar-refractivity contribution in [3.8, 4) is 0 Å². The summed E-state index contributed by atoms with van der Waals surface area (Å²) in [5.41, 5.74) is 5.88. The number of amides is 1. The van der Waals surface area contributed by atoms with Crippen molar-refractivity contribution >= 4 is 28.7 Å². The van der Waals surface area contributed by atoms with Gasteiger partial charge in [-0.2, -0.15) is 0 Å². The zero-order chi connectivity index (χ0) is 12.2. The number of carbonyl (C=O) groups excluding carboxylic acids is 1. The van der Waals surface area contributed by atoms with E-state index in [0.717, 1.165) is 9.13 Å². The Bertz CT molecular complexity index is 377. The van der Waals surface area contributed by atoms with Gasteiger partial charge in [0.25, 0.3) is 0 Å². The van der Waals surface area contributed by atoms with E-state index in [-0.39, 0.29) is 0 Å². The van der Waals surface area contributed by atoms with Crippen LogP contribution in [-0.4, -0.2) is 13.2 Å². The van der Waals surface area contributed by atoms with E-state index < -0.39 is 11.9 Å². The SMILES string of the molecule is CCC(OC)(OC(N)=O)c1ccccc1I. The Balaban J connectivity index is 3.20. The second-order valence-electron chi connectivity index (χ2n) is 3.21. The molecule has 4 nitrogen and oxygen atoms in total. The van der Waals surface area contributed by atoms with Gasteiger partial charge in [0.05, 0.1) is 0 Å². The Labute approximate surface area is 108 Å². The average molecular weight is 335 g/mol. The fourth-order valence-electron chi connectivity index (χ4n) is 1.55. The number of hydrogen-bond acceptors (Lipinski definition) is 3. The van der Waals surface area contributed by atoms with E-state index in [2.05, 4.69) is 22.6 Å². The third-order valence-electron chi connectivity index (χ3n) is 2.34. The molecule has 0 spiro atoms. The van der Waals surface area contributed by atoms with Crippen LogP contribution in [0.15, 0.2) is 24.3 Å². The van der Waals surface area contributed by atoms with Crippen LogP contribution in [0.2, 0.25) is 0 Å². The van der Waals surface area contributed by atoms with Crippen molar-refractivity contribution in [3.63, 3.8) is 0 Å². The lowest BCUT2D eigenvalue weighted by molar-refractivity contribution is -0.194. The fourth-order valence-corrected chi connectivity index (χ4v) is 2.34. The largest absolute Gasteiger partial charge is 0.413 e. The zero-order valence-corrected chi connectivity index (χ0v) is 11.4.